The molecule has 0 amide bonds. The zero-order valence-electron chi connectivity index (χ0n) is 10.3. The molecule has 0 fully saturated rings. The molecule has 19 heavy (non-hydrogen) atoms. The number of aromatic nitrogens is 2. The molecule has 0 bridgehead atoms. The first-order chi connectivity index (χ1) is 9.24. The Morgan fingerprint density at radius 2 is 2.11 bits per heavy atom. The Balaban J connectivity index is 1.79. The Labute approximate surface area is 115 Å². The van der Waals surface area contributed by atoms with Crippen LogP contribution >= 0.6 is 11.6 Å². The van der Waals surface area contributed by atoms with Crippen LogP contribution in [0.1, 0.15) is 17.5 Å². The van der Waals surface area contributed by atoms with Gasteiger partial charge in [0.05, 0.1) is 11.9 Å². The van der Waals surface area contributed by atoms with Crippen molar-refractivity contribution in [3.05, 3.63) is 57.0 Å². The molecule has 1 aliphatic rings. The van der Waals surface area contributed by atoms with Crippen molar-refractivity contribution in [3.8, 4) is 0 Å². The molecule has 0 saturated carbocycles. The Morgan fingerprint density at radius 3 is 2.95 bits per heavy atom. The Bertz CT molecular complexity index is 653. The van der Waals surface area contributed by atoms with E-state index in [0.717, 1.165) is 19.3 Å². The standard InChI is InChI=1S/C14H14ClN3O/c15-13-12(8-16-18-14(13)19)17-11-6-5-9-3-1-2-4-10(9)7-11/h1-4,8,11H,5-7H2,(H2,17,18,19). The van der Waals surface area contributed by atoms with Crippen molar-refractivity contribution in [2.24, 2.45) is 0 Å². The predicted octanol–water partition coefficient (Wildman–Crippen LogP) is 2.39. The van der Waals surface area contributed by atoms with E-state index in [9.17, 15) is 4.79 Å². The molecule has 5 heteroatoms. The normalized spacial score (nSPS) is 17.8. The van der Waals surface area contributed by atoms with E-state index < -0.39 is 0 Å². The fourth-order valence-corrected chi connectivity index (χ4v) is 2.67. The largest absolute Gasteiger partial charge is 0.379 e. The highest BCUT2D eigenvalue weighted by molar-refractivity contribution is 6.32. The summed E-state index contributed by atoms with van der Waals surface area (Å²) >= 11 is 5.97. The van der Waals surface area contributed by atoms with Gasteiger partial charge in [0.25, 0.3) is 5.56 Å². The number of aryl methyl sites for hydroxylation is 1. The first-order valence-corrected chi connectivity index (χ1v) is 6.68. The van der Waals surface area contributed by atoms with Crippen LogP contribution < -0.4 is 10.9 Å². The van der Waals surface area contributed by atoms with Gasteiger partial charge in [0, 0.05) is 6.04 Å². The van der Waals surface area contributed by atoms with Crippen molar-refractivity contribution in [2.75, 3.05) is 5.32 Å². The molecule has 4 nitrogen and oxygen atoms in total. The number of benzene rings is 1. The molecule has 1 unspecified atom stereocenters. The first-order valence-electron chi connectivity index (χ1n) is 6.30. The van der Waals surface area contributed by atoms with Crippen LogP contribution in [0.4, 0.5) is 5.69 Å². The van der Waals surface area contributed by atoms with E-state index in [1.54, 1.807) is 6.20 Å². The second-order valence-corrected chi connectivity index (χ2v) is 5.16. The molecule has 2 aromatic rings. The number of fused-ring (bicyclic) bond motifs is 1. The van der Waals surface area contributed by atoms with E-state index in [1.165, 1.54) is 11.1 Å². The number of nitrogens with zero attached hydrogens (tertiary/aromatic N) is 1. The summed E-state index contributed by atoms with van der Waals surface area (Å²) in [4.78, 5) is 11.4. The van der Waals surface area contributed by atoms with Gasteiger partial charge in [-0.2, -0.15) is 5.10 Å². The number of rotatable bonds is 2. The molecule has 2 N–H and O–H groups in total. The van der Waals surface area contributed by atoms with Gasteiger partial charge in [0.2, 0.25) is 0 Å². The van der Waals surface area contributed by atoms with Crippen LogP contribution in [-0.2, 0) is 12.8 Å². The van der Waals surface area contributed by atoms with Crippen molar-refractivity contribution in [3.63, 3.8) is 0 Å². The average molecular weight is 276 g/mol. The van der Waals surface area contributed by atoms with Crippen LogP contribution in [0.2, 0.25) is 5.02 Å². The number of anilines is 1. The quantitative estimate of drug-likeness (QED) is 0.885. The van der Waals surface area contributed by atoms with Gasteiger partial charge in [-0.1, -0.05) is 35.9 Å². The number of hydrogen-bond acceptors (Lipinski definition) is 3. The second-order valence-electron chi connectivity index (χ2n) is 4.78. The molecule has 0 spiro atoms. The smallest absolute Gasteiger partial charge is 0.285 e. The fourth-order valence-electron chi connectivity index (χ4n) is 2.53. The molecule has 1 aliphatic carbocycles. The van der Waals surface area contributed by atoms with E-state index in [0.29, 0.717) is 5.69 Å². The summed E-state index contributed by atoms with van der Waals surface area (Å²) in [6.45, 7) is 0. The zero-order valence-corrected chi connectivity index (χ0v) is 11.1. The summed E-state index contributed by atoms with van der Waals surface area (Å²) in [5.41, 5.74) is 3.02. The van der Waals surface area contributed by atoms with Crippen molar-refractivity contribution in [2.45, 2.75) is 25.3 Å². The van der Waals surface area contributed by atoms with Crippen LogP contribution in [0.3, 0.4) is 0 Å². The van der Waals surface area contributed by atoms with Crippen molar-refractivity contribution < 1.29 is 0 Å². The summed E-state index contributed by atoms with van der Waals surface area (Å²) in [7, 11) is 0. The Morgan fingerprint density at radius 1 is 1.32 bits per heavy atom. The number of hydrogen-bond donors (Lipinski definition) is 2. The lowest BCUT2D eigenvalue weighted by Crippen LogP contribution is -2.28. The van der Waals surface area contributed by atoms with Gasteiger partial charge >= 0.3 is 0 Å². The van der Waals surface area contributed by atoms with Gasteiger partial charge in [0.15, 0.2) is 0 Å². The third kappa shape index (κ3) is 2.49. The summed E-state index contributed by atoms with van der Waals surface area (Å²) in [6, 6.07) is 8.75. The molecular formula is C14H14ClN3O. The van der Waals surface area contributed by atoms with E-state index in [4.69, 9.17) is 11.6 Å². The van der Waals surface area contributed by atoms with E-state index in [-0.39, 0.29) is 16.6 Å². The SMILES string of the molecule is O=c1[nH]ncc(NC2CCc3ccccc3C2)c1Cl. The molecule has 3 rings (SSSR count). The molecule has 0 saturated heterocycles. The highest BCUT2D eigenvalue weighted by Crippen LogP contribution is 2.25. The summed E-state index contributed by atoms with van der Waals surface area (Å²) in [5.74, 6) is 0. The third-order valence-electron chi connectivity index (χ3n) is 3.50. The monoisotopic (exact) mass is 275 g/mol. The highest BCUT2D eigenvalue weighted by Gasteiger charge is 2.19. The summed E-state index contributed by atoms with van der Waals surface area (Å²) < 4.78 is 0. The van der Waals surface area contributed by atoms with E-state index in [1.807, 2.05) is 0 Å². The number of H-pyrrole nitrogens is 1. The highest BCUT2D eigenvalue weighted by atomic mass is 35.5. The maximum absolute atomic E-state index is 11.4. The Kier molecular flexibility index (Phi) is 3.25. The fraction of sp³-hybridized carbons (Fsp3) is 0.286. The minimum absolute atomic E-state index is 0.175. The van der Waals surface area contributed by atoms with Gasteiger partial charge in [0.1, 0.15) is 5.02 Å². The Hall–Kier alpha value is -1.81. The number of aromatic amines is 1. The van der Waals surface area contributed by atoms with Gasteiger partial charge in [-0.15, -0.1) is 0 Å². The van der Waals surface area contributed by atoms with Crippen molar-refractivity contribution in [1.82, 2.24) is 10.2 Å². The van der Waals surface area contributed by atoms with Crippen LogP contribution in [0, 0.1) is 0 Å². The first kappa shape index (κ1) is 12.2. The van der Waals surface area contributed by atoms with Gasteiger partial charge in [-0.25, -0.2) is 5.10 Å². The average Bonchev–Trinajstić information content (AvgIpc) is 2.44. The van der Waals surface area contributed by atoms with Crippen molar-refractivity contribution in [1.29, 1.82) is 0 Å². The minimum Gasteiger partial charge on any atom is -0.379 e. The maximum Gasteiger partial charge on any atom is 0.285 e. The topological polar surface area (TPSA) is 57.8 Å². The molecule has 1 aromatic carbocycles. The molecule has 1 atom stereocenters. The number of nitrogens with one attached hydrogen (secondary N) is 2. The number of halogens is 1. The maximum atomic E-state index is 11.4. The molecule has 0 radical (unpaired) electrons. The molecule has 0 aliphatic heterocycles. The van der Waals surface area contributed by atoms with E-state index >= 15 is 0 Å². The molecular weight excluding hydrogens is 262 g/mol. The van der Waals surface area contributed by atoms with Gasteiger partial charge < -0.3 is 5.32 Å². The van der Waals surface area contributed by atoms with Crippen LogP contribution in [0.25, 0.3) is 0 Å². The van der Waals surface area contributed by atoms with Crippen molar-refractivity contribution >= 4 is 17.3 Å². The van der Waals surface area contributed by atoms with Crippen LogP contribution in [0.15, 0.2) is 35.3 Å². The van der Waals surface area contributed by atoms with Crippen LogP contribution in [-0.4, -0.2) is 16.2 Å². The molecule has 1 aromatic heterocycles. The van der Waals surface area contributed by atoms with Gasteiger partial charge in [-0.3, -0.25) is 4.79 Å². The lowest BCUT2D eigenvalue weighted by atomic mass is 9.88. The summed E-state index contributed by atoms with van der Waals surface area (Å²) in [6.07, 6.45) is 4.58. The summed E-state index contributed by atoms with van der Waals surface area (Å²) in [5, 5.41) is 9.58. The minimum atomic E-state index is -0.358. The predicted molar refractivity (Wildman–Crippen MR) is 75.7 cm³/mol. The lowest BCUT2D eigenvalue weighted by molar-refractivity contribution is 0.610. The molecule has 1 heterocycles. The second kappa shape index (κ2) is 5.05. The third-order valence-corrected chi connectivity index (χ3v) is 3.88. The zero-order chi connectivity index (χ0) is 13.2. The van der Waals surface area contributed by atoms with Gasteiger partial charge in [-0.05, 0) is 30.4 Å². The van der Waals surface area contributed by atoms with Crippen LogP contribution in [0.5, 0.6) is 0 Å². The molecule has 98 valence electrons. The van der Waals surface area contributed by atoms with E-state index in [2.05, 4.69) is 39.8 Å². The lowest BCUT2D eigenvalue weighted by Gasteiger charge is -2.26.